The highest BCUT2D eigenvalue weighted by Crippen LogP contribution is 2.45. The molecule has 1 heterocycles. The second kappa shape index (κ2) is 9.30. The molecule has 1 aliphatic heterocycles. The Morgan fingerprint density at radius 3 is 2.32 bits per heavy atom. The number of Topliss-reactive ketones (excluding diaryl/α,β-unsaturated/α-hetero) is 1. The molecule has 34 heavy (non-hydrogen) atoms. The molecule has 2 aromatic rings. The number of piperidine rings is 1. The van der Waals surface area contributed by atoms with Gasteiger partial charge in [0.2, 0.25) is 10.0 Å². The van der Waals surface area contributed by atoms with E-state index in [0.29, 0.717) is 18.6 Å². The van der Waals surface area contributed by atoms with Gasteiger partial charge in [0.1, 0.15) is 11.6 Å². The van der Waals surface area contributed by atoms with Gasteiger partial charge in [0.15, 0.2) is 5.78 Å². The molecule has 1 saturated heterocycles. The zero-order chi connectivity index (χ0) is 24.7. The maximum atomic E-state index is 14.3. The molecular formula is C24H25F4NO4S. The van der Waals surface area contributed by atoms with Gasteiger partial charge < -0.3 is 4.74 Å². The predicted molar refractivity (Wildman–Crippen MR) is 117 cm³/mol. The quantitative estimate of drug-likeness (QED) is 0.378. The number of hydrogen-bond acceptors (Lipinski definition) is 4. The lowest BCUT2D eigenvalue weighted by atomic mass is 9.99. The molecule has 184 valence electrons. The summed E-state index contributed by atoms with van der Waals surface area (Å²) in [6.45, 7) is 1.67. The molecule has 1 aliphatic carbocycles. The smallest absolute Gasteiger partial charge is 0.417 e. The predicted octanol–water partition coefficient (Wildman–Crippen LogP) is 5.40. The zero-order valence-corrected chi connectivity index (χ0v) is 19.4. The minimum atomic E-state index is -4.78. The monoisotopic (exact) mass is 499 g/mol. The molecule has 0 amide bonds. The summed E-state index contributed by atoms with van der Waals surface area (Å²) >= 11 is 0. The summed E-state index contributed by atoms with van der Waals surface area (Å²) in [6.07, 6.45) is -2.09. The van der Waals surface area contributed by atoms with Crippen molar-refractivity contribution in [2.45, 2.75) is 49.6 Å². The number of alkyl halides is 3. The number of carbonyl (C=O) groups excluding carboxylic acids is 1. The molecule has 0 spiro atoms. The zero-order valence-electron chi connectivity index (χ0n) is 18.6. The molecule has 0 unspecified atom stereocenters. The van der Waals surface area contributed by atoms with E-state index >= 15 is 0 Å². The maximum Gasteiger partial charge on any atom is 0.417 e. The van der Waals surface area contributed by atoms with Crippen molar-refractivity contribution in [2.24, 2.45) is 5.92 Å². The number of ether oxygens (including phenoxy) is 1. The molecule has 2 aromatic carbocycles. The first-order valence-electron chi connectivity index (χ1n) is 11.1. The standard InChI is InChI=1S/C24H25F4NO4S/c1-15(30)18-12-19(17-6-7-17)22(13-21(18)25)33-14-16-8-10-29(11-9-16)34(31,32)23-5-3-2-4-20(23)24(26,27)28/h2-5,12-13,16-17H,6-11,14H2,1H3. The third-order valence-corrected chi connectivity index (χ3v) is 8.31. The second-order valence-electron chi connectivity index (χ2n) is 8.85. The molecular weight excluding hydrogens is 474 g/mol. The summed E-state index contributed by atoms with van der Waals surface area (Å²) in [4.78, 5) is 10.9. The van der Waals surface area contributed by atoms with Crippen LogP contribution < -0.4 is 4.74 Å². The van der Waals surface area contributed by atoms with Gasteiger partial charge in [-0.05, 0) is 68.2 Å². The highest BCUT2D eigenvalue weighted by atomic mass is 32.2. The van der Waals surface area contributed by atoms with E-state index < -0.39 is 32.5 Å². The Kier molecular flexibility index (Phi) is 6.74. The van der Waals surface area contributed by atoms with Crippen LogP contribution in [-0.2, 0) is 16.2 Å². The van der Waals surface area contributed by atoms with E-state index in [0.717, 1.165) is 40.9 Å². The van der Waals surface area contributed by atoms with Gasteiger partial charge in [0, 0.05) is 19.2 Å². The van der Waals surface area contributed by atoms with Crippen LogP contribution in [0.4, 0.5) is 17.6 Å². The van der Waals surface area contributed by atoms with Gasteiger partial charge in [-0.25, -0.2) is 12.8 Å². The first kappa shape index (κ1) is 24.7. The van der Waals surface area contributed by atoms with Gasteiger partial charge in [-0.15, -0.1) is 0 Å². The lowest BCUT2D eigenvalue weighted by Gasteiger charge is -2.31. The number of halogens is 4. The van der Waals surface area contributed by atoms with Crippen molar-refractivity contribution in [3.05, 3.63) is 58.9 Å². The second-order valence-corrected chi connectivity index (χ2v) is 10.8. The Balaban J connectivity index is 1.42. The van der Waals surface area contributed by atoms with Crippen LogP contribution >= 0.6 is 0 Å². The van der Waals surface area contributed by atoms with Crippen molar-refractivity contribution in [1.82, 2.24) is 4.31 Å². The van der Waals surface area contributed by atoms with Crippen LogP contribution in [0.5, 0.6) is 5.75 Å². The summed E-state index contributed by atoms with van der Waals surface area (Å²) in [7, 11) is -4.30. The Labute approximate surface area is 195 Å². The van der Waals surface area contributed by atoms with E-state index in [1.807, 2.05) is 0 Å². The van der Waals surface area contributed by atoms with E-state index in [9.17, 15) is 30.8 Å². The fraction of sp³-hybridized carbons (Fsp3) is 0.458. The highest BCUT2D eigenvalue weighted by Gasteiger charge is 2.39. The molecule has 0 atom stereocenters. The molecule has 0 N–H and O–H groups in total. The van der Waals surface area contributed by atoms with Gasteiger partial charge >= 0.3 is 6.18 Å². The Morgan fingerprint density at radius 2 is 1.74 bits per heavy atom. The average Bonchev–Trinajstić information content (AvgIpc) is 3.62. The number of nitrogens with zero attached hydrogens (tertiary/aromatic N) is 1. The largest absolute Gasteiger partial charge is 0.493 e. The lowest BCUT2D eigenvalue weighted by molar-refractivity contribution is -0.139. The van der Waals surface area contributed by atoms with Crippen molar-refractivity contribution in [3.8, 4) is 5.75 Å². The van der Waals surface area contributed by atoms with E-state index in [1.165, 1.54) is 19.1 Å². The van der Waals surface area contributed by atoms with Crippen LogP contribution in [0.15, 0.2) is 41.3 Å². The number of hydrogen-bond donors (Lipinski definition) is 0. The van der Waals surface area contributed by atoms with Gasteiger partial charge in [-0.2, -0.15) is 17.5 Å². The molecule has 2 fully saturated rings. The van der Waals surface area contributed by atoms with Gasteiger partial charge in [-0.3, -0.25) is 4.79 Å². The molecule has 5 nitrogen and oxygen atoms in total. The summed E-state index contributed by atoms with van der Waals surface area (Å²) in [5.41, 5.74) is -0.341. The van der Waals surface area contributed by atoms with Crippen LogP contribution in [-0.4, -0.2) is 38.2 Å². The number of carbonyl (C=O) groups is 1. The fourth-order valence-electron chi connectivity index (χ4n) is 4.27. The molecule has 0 aromatic heterocycles. The van der Waals surface area contributed by atoms with Gasteiger partial charge in [-0.1, -0.05) is 12.1 Å². The van der Waals surface area contributed by atoms with Crippen LogP contribution in [0, 0.1) is 11.7 Å². The highest BCUT2D eigenvalue weighted by molar-refractivity contribution is 7.89. The molecule has 1 saturated carbocycles. The number of ketones is 1. The van der Waals surface area contributed by atoms with E-state index in [2.05, 4.69) is 0 Å². The molecule has 4 rings (SSSR count). The van der Waals surface area contributed by atoms with Crippen molar-refractivity contribution in [2.75, 3.05) is 19.7 Å². The first-order chi connectivity index (χ1) is 16.0. The normalized spacial score (nSPS) is 18.1. The SMILES string of the molecule is CC(=O)c1cc(C2CC2)c(OCC2CCN(S(=O)(=O)c3ccccc3C(F)(F)F)CC2)cc1F. The van der Waals surface area contributed by atoms with Gasteiger partial charge in [0.25, 0.3) is 0 Å². The number of rotatable bonds is 7. The average molecular weight is 500 g/mol. The third-order valence-electron chi connectivity index (χ3n) is 6.35. The fourth-order valence-corrected chi connectivity index (χ4v) is 5.95. The van der Waals surface area contributed by atoms with Crippen LogP contribution in [0.25, 0.3) is 0 Å². The van der Waals surface area contributed by atoms with E-state index in [-0.39, 0.29) is 42.9 Å². The Hall–Kier alpha value is -2.46. The van der Waals surface area contributed by atoms with Gasteiger partial charge in [0.05, 0.1) is 22.6 Å². The number of sulfonamides is 1. The molecule has 0 radical (unpaired) electrons. The first-order valence-corrected chi connectivity index (χ1v) is 12.6. The van der Waals surface area contributed by atoms with E-state index in [1.54, 1.807) is 6.07 Å². The summed E-state index contributed by atoms with van der Waals surface area (Å²) in [5.74, 6) is -0.414. The summed E-state index contributed by atoms with van der Waals surface area (Å²) in [5, 5.41) is 0. The number of benzene rings is 2. The van der Waals surface area contributed by atoms with Crippen molar-refractivity contribution < 1.29 is 35.5 Å². The lowest BCUT2D eigenvalue weighted by Crippen LogP contribution is -2.40. The Morgan fingerprint density at radius 1 is 1.09 bits per heavy atom. The molecule has 10 heteroatoms. The van der Waals surface area contributed by atoms with Crippen LogP contribution in [0.2, 0.25) is 0 Å². The third kappa shape index (κ3) is 5.12. The maximum absolute atomic E-state index is 14.3. The van der Waals surface area contributed by atoms with Crippen molar-refractivity contribution in [1.29, 1.82) is 0 Å². The minimum Gasteiger partial charge on any atom is -0.493 e. The van der Waals surface area contributed by atoms with Crippen LogP contribution in [0.3, 0.4) is 0 Å². The van der Waals surface area contributed by atoms with E-state index in [4.69, 9.17) is 4.74 Å². The minimum absolute atomic E-state index is 0.0342. The molecule has 0 bridgehead atoms. The van der Waals surface area contributed by atoms with Crippen molar-refractivity contribution in [3.63, 3.8) is 0 Å². The Bertz CT molecular complexity index is 1180. The molecule has 2 aliphatic rings. The van der Waals surface area contributed by atoms with Crippen LogP contribution in [0.1, 0.15) is 60.0 Å². The topological polar surface area (TPSA) is 63.7 Å². The summed E-state index contributed by atoms with van der Waals surface area (Å²) in [6, 6.07) is 6.97. The summed E-state index contributed by atoms with van der Waals surface area (Å²) < 4.78 is 87.1. The van der Waals surface area contributed by atoms with Crippen molar-refractivity contribution >= 4 is 15.8 Å².